The summed E-state index contributed by atoms with van der Waals surface area (Å²) in [5, 5.41) is 2.82. The van der Waals surface area contributed by atoms with Gasteiger partial charge in [-0.05, 0) is 12.3 Å². The van der Waals surface area contributed by atoms with Gasteiger partial charge in [-0.1, -0.05) is 33.1 Å². The molecule has 1 rings (SSSR count). The topological polar surface area (TPSA) is 39.0 Å². The SMILES string of the molecule is CCCC(CC)CC1NC1=O. The van der Waals surface area contributed by atoms with Crippen molar-refractivity contribution in [2.45, 2.75) is 45.6 Å². The molecule has 0 aromatic heterocycles. The first kappa shape index (κ1) is 8.57. The summed E-state index contributed by atoms with van der Waals surface area (Å²) in [4.78, 5) is 10.6. The van der Waals surface area contributed by atoms with Gasteiger partial charge in [-0.3, -0.25) is 4.79 Å². The third-order valence-corrected chi connectivity index (χ3v) is 2.39. The number of carbonyl (C=O) groups is 1. The zero-order chi connectivity index (χ0) is 8.27. The molecule has 0 aromatic carbocycles. The lowest BCUT2D eigenvalue weighted by molar-refractivity contribution is -0.111. The number of hydrogen-bond acceptors (Lipinski definition) is 1. The maximum Gasteiger partial charge on any atom is 0.243 e. The summed E-state index contributed by atoms with van der Waals surface area (Å²) in [6.07, 6.45) is 4.77. The summed E-state index contributed by atoms with van der Waals surface area (Å²) in [5.74, 6) is 1.00. The Bertz CT molecular complexity index is 144. The predicted molar refractivity (Wildman–Crippen MR) is 45.2 cm³/mol. The lowest BCUT2D eigenvalue weighted by Gasteiger charge is -2.10. The molecule has 2 nitrogen and oxygen atoms in total. The number of hydrogen-bond donors (Lipinski definition) is 1. The van der Waals surface area contributed by atoms with Crippen molar-refractivity contribution in [2.75, 3.05) is 0 Å². The lowest BCUT2D eigenvalue weighted by atomic mass is 9.95. The van der Waals surface area contributed by atoms with Gasteiger partial charge in [0.25, 0.3) is 0 Å². The van der Waals surface area contributed by atoms with Crippen molar-refractivity contribution in [3.63, 3.8) is 0 Å². The minimum absolute atomic E-state index is 0.214. The predicted octanol–water partition coefficient (Wildman–Crippen LogP) is 1.70. The molecule has 1 aliphatic rings. The van der Waals surface area contributed by atoms with Crippen LogP contribution < -0.4 is 5.32 Å². The molecule has 1 fully saturated rings. The fraction of sp³-hybridized carbons (Fsp3) is 0.889. The summed E-state index contributed by atoms with van der Waals surface area (Å²) in [6, 6.07) is 0.214. The Hall–Kier alpha value is -0.530. The smallest absolute Gasteiger partial charge is 0.243 e. The first-order chi connectivity index (χ1) is 5.27. The zero-order valence-corrected chi connectivity index (χ0v) is 7.39. The molecule has 0 aromatic rings. The second kappa shape index (κ2) is 3.74. The Morgan fingerprint density at radius 3 is 2.55 bits per heavy atom. The average Bonchev–Trinajstić information content (AvgIpc) is 2.66. The van der Waals surface area contributed by atoms with E-state index in [0.717, 1.165) is 12.3 Å². The van der Waals surface area contributed by atoms with Crippen molar-refractivity contribution in [3.8, 4) is 0 Å². The van der Waals surface area contributed by atoms with Crippen LogP contribution in [0.1, 0.15) is 39.5 Å². The Morgan fingerprint density at radius 2 is 2.18 bits per heavy atom. The van der Waals surface area contributed by atoms with E-state index < -0.39 is 0 Å². The van der Waals surface area contributed by atoms with Crippen molar-refractivity contribution < 1.29 is 4.79 Å². The Labute approximate surface area is 68.4 Å². The maximum absolute atomic E-state index is 10.6. The molecule has 1 N–H and O–H groups in total. The van der Waals surface area contributed by atoms with E-state index in [-0.39, 0.29) is 11.9 Å². The van der Waals surface area contributed by atoms with Gasteiger partial charge in [0, 0.05) is 0 Å². The van der Waals surface area contributed by atoms with Crippen LogP contribution in [-0.2, 0) is 4.79 Å². The van der Waals surface area contributed by atoms with E-state index in [1.54, 1.807) is 0 Å². The normalized spacial score (nSPS) is 24.5. The number of amides is 1. The average molecular weight is 155 g/mol. The van der Waals surface area contributed by atoms with Gasteiger partial charge in [-0.15, -0.1) is 0 Å². The van der Waals surface area contributed by atoms with Gasteiger partial charge in [0.2, 0.25) is 5.91 Å². The highest BCUT2D eigenvalue weighted by atomic mass is 16.2. The van der Waals surface area contributed by atoms with E-state index >= 15 is 0 Å². The summed E-state index contributed by atoms with van der Waals surface area (Å²) in [6.45, 7) is 4.40. The minimum atomic E-state index is 0.214. The van der Waals surface area contributed by atoms with Crippen molar-refractivity contribution >= 4 is 5.91 Å². The molecule has 2 heteroatoms. The van der Waals surface area contributed by atoms with E-state index in [2.05, 4.69) is 19.2 Å². The fourth-order valence-corrected chi connectivity index (χ4v) is 1.53. The van der Waals surface area contributed by atoms with Crippen LogP contribution in [0.5, 0.6) is 0 Å². The van der Waals surface area contributed by atoms with Crippen LogP contribution in [0.3, 0.4) is 0 Å². The first-order valence-corrected chi connectivity index (χ1v) is 4.58. The van der Waals surface area contributed by atoms with Crippen LogP contribution in [0, 0.1) is 5.92 Å². The Kier molecular flexibility index (Phi) is 2.92. The number of rotatable bonds is 5. The van der Waals surface area contributed by atoms with Crippen LogP contribution in [0.2, 0.25) is 0 Å². The minimum Gasteiger partial charge on any atom is -0.343 e. The molecule has 1 heterocycles. The summed E-state index contributed by atoms with van der Waals surface area (Å²) in [5.41, 5.74) is 0. The lowest BCUT2D eigenvalue weighted by Crippen LogP contribution is -2.04. The van der Waals surface area contributed by atoms with Crippen molar-refractivity contribution in [1.82, 2.24) is 5.32 Å². The molecule has 11 heavy (non-hydrogen) atoms. The Balaban J connectivity index is 2.15. The Morgan fingerprint density at radius 1 is 1.55 bits per heavy atom. The van der Waals surface area contributed by atoms with Crippen LogP contribution in [0.4, 0.5) is 0 Å². The second-order valence-electron chi connectivity index (χ2n) is 3.36. The quantitative estimate of drug-likeness (QED) is 0.603. The molecule has 2 atom stereocenters. The van der Waals surface area contributed by atoms with E-state index in [1.165, 1.54) is 19.3 Å². The maximum atomic E-state index is 10.6. The molecule has 0 spiro atoms. The summed E-state index contributed by atoms with van der Waals surface area (Å²) >= 11 is 0. The third kappa shape index (κ3) is 2.52. The van der Waals surface area contributed by atoms with Crippen LogP contribution in [0.15, 0.2) is 0 Å². The second-order valence-corrected chi connectivity index (χ2v) is 3.36. The fourth-order valence-electron chi connectivity index (χ4n) is 1.53. The van der Waals surface area contributed by atoms with Gasteiger partial charge in [-0.25, -0.2) is 0 Å². The molecule has 0 bridgehead atoms. The third-order valence-electron chi connectivity index (χ3n) is 2.39. The highest BCUT2D eigenvalue weighted by molar-refractivity contribution is 5.96. The van der Waals surface area contributed by atoms with Crippen LogP contribution in [-0.4, -0.2) is 11.9 Å². The van der Waals surface area contributed by atoms with Crippen LogP contribution in [0.25, 0.3) is 0 Å². The van der Waals surface area contributed by atoms with Gasteiger partial charge in [0.1, 0.15) is 6.04 Å². The largest absolute Gasteiger partial charge is 0.343 e. The molecule has 1 amide bonds. The van der Waals surface area contributed by atoms with Crippen LogP contribution >= 0.6 is 0 Å². The molecule has 0 radical (unpaired) electrons. The monoisotopic (exact) mass is 155 g/mol. The molecule has 64 valence electrons. The van der Waals surface area contributed by atoms with Gasteiger partial charge in [-0.2, -0.15) is 0 Å². The van der Waals surface area contributed by atoms with E-state index in [4.69, 9.17) is 0 Å². The van der Waals surface area contributed by atoms with E-state index in [0.29, 0.717) is 0 Å². The van der Waals surface area contributed by atoms with Gasteiger partial charge in [0.15, 0.2) is 0 Å². The molecular formula is C9H17NO. The van der Waals surface area contributed by atoms with Gasteiger partial charge >= 0.3 is 0 Å². The van der Waals surface area contributed by atoms with Crippen molar-refractivity contribution in [3.05, 3.63) is 0 Å². The first-order valence-electron chi connectivity index (χ1n) is 4.58. The highest BCUT2D eigenvalue weighted by Crippen LogP contribution is 2.21. The summed E-state index contributed by atoms with van der Waals surface area (Å²) < 4.78 is 0. The molecule has 2 unspecified atom stereocenters. The number of nitrogens with one attached hydrogen (secondary N) is 1. The molecule has 0 aliphatic carbocycles. The molecule has 1 aliphatic heterocycles. The summed E-state index contributed by atoms with van der Waals surface area (Å²) in [7, 11) is 0. The van der Waals surface area contributed by atoms with Gasteiger partial charge < -0.3 is 5.32 Å². The van der Waals surface area contributed by atoms with E-state index in [9.17, 15) is 4.79 Å². The molecule has 1 saturated heterocycles. The zero-order valence-electron chi connectivity index (χ0n) is 7.39. The van der Waals surface area contributed by atoms with E-state index in [1.807, 2.05) is 0 Å². The standard InChI is InChI=1S/C9H17NO/c1-3-5-7(4-2)6-8-9(11)10-8/h7-8H,3-6H2,1-2H3,(H,10,11). The highest BCUT2D eigenvalue weighted by Gasteiger charge is 2.34. The van der Waals surface area contributed by atoms with Crippen molar-refractivity contribution in [2.24, 2.45) is 5.92 Å². The number of carbonyl (C=O) groups excluding carboxylic acids is 1. The van der Waals surface area contributed by atoms with Gasteiger partial charge in [0.05, 0.1) is 0 Å². The van der Waals surface area contributed by atoms with Crippen molar-refractivity contribution in [1.29, 1.82) is 0 Å². The molecular weight excluding hydrogens is 138 g/mol. The molecule has 0 saturated carbocycles.